The third-order valence-electron chi connectivity index (χ3n) is 11.0. The van der Waals surface area contributed by atoms with Gasteiger partial charge in [-0.25, -0.2) is 4.39 Å². The number of imide groups is 2. The zero-order valence-electron chi connectivity index (χ0n) is 27.4. The number of hydrogen-bond donors (Lipinski definition) is 3. The van der Waals surface area contributed by atoms with Crippen molar-refractivity contribution in [1.82, 2.24) is 9.91 Å². The number of carbonyl (C=O) groups is 5. The lowest BCUT2D eigenvalue weighted by atomic mass is 9.49. The maximum absolute atomic E-state index is 15.2. The number of carboxylic acids is 1. The number of carboxylic acid groups (broad SMARTS) is 1. The first kappa shape index (κ1) is 33.5. The number of carbonyl (C=O) groups excluding carboxylic acids is 4. The van der Waals surface area contributed by atoms with Crippen LogP contribution < -0.4 is 5.43 Å². The largest absolute Gasteiger partial charge is 0.507 e. The highest BCUT2D eigenvalue weighted by Gasteiger charge is 2.70. The number of phenols is 1. The van der Waals surface area contributed by atoms with Crippen LogP contribution in [0, 0.1) is 43.3 Å². The van der Waals surface area contributed by atoms with Gasteiger partial charge in [-0.1, -0.05) is 47.5 Å². The summed E-state index contributed by atoms with van der Waals surface area (Å²) in [6.07, 6.45) is 2.16. The van der Waals surface area contributed by atoms with E-state index in [1.165, 1.54) is 24.3 Å². The van der Waals surface area contributed by atoms with Crippen molar-refractivity contribution < 1.29 is 38.6 Å². The lowest BCUT2D eigenvalue weighted by molar-refractivity contribution is -0.142. The first-order valence-electron chi connectivity index (χ1n) is 16.6. The highest BCUT2D eigenvalue weighted by molar-refractivity contribution is 6.30. The number of rotatable bonds is 8. The number of likely N-dealkylation sites (tertiary alicyclic amines) is 1. The number of aliphatic carboxylic acids is 1. The predicted octanol–water partition coefficient (Wildman–Crippen LogP) is 5.65. The summed E-state index contributed by atoms with van der Waals surface area (Å²) >= 11 is 6.33. The van der Waals surface area contributed by atoms with Gasteiger partial charge in [0.2, 0.25) is 11.8 Å². The molecule has 0 aromatic heterocycles. The van der Waals surface area contributed by atoms with E-state index in [4.69, 9.17) is 16.7 Å². The van der Waals surface area contributed by atoms with Crippen molar-refractivity contribution in [2.24, 2.45) is 23.7 Å². The lowest BCUT2D eigenvalue weighted by Crippen LogP contribution is -2.53. The summed E-state index contributed by atoms with van der Waals surface area (Å²) in [6.45, 7) is 3.48. The molecule has 0 spiro atoms. The molecule has 50 heavy (non-hydrogen) atoms. The van der Waals surface area contributed by atoms with Crippen LogP contribution in [-0.4, -0.2) is 56.3 Å². The molecule has 258 valence electrons. The van der Waals surface area contributed by atoms with E-state index in [0.29, 0.717) is 33.0 Å². The van der Waals surface area contributed by atoms with Crippen molar-refractivity contribution in [3.05, 3.63) is 105 Å². The van der Waals surface area contributed by atoms with E-state index < -0.39 is 64.5 Å². The van der Waals surface area contributed by atoms with Gasteiger partial charge in [0.1, 0.15) is 11.6 Å². The number of fused-ring (bicyclic) bond motifs is 4. The third kappa shape index (κ3) is 5.09. The van der Waals surface area contributed by atoms with Gasteiger partial charge in [-0.05, 0) is 97.7 Å². The molecule has 2 aliphatic heterocycles. The molecule has 3 aromatic rings. The standard InChI is InChI=1S/C38H35ClFN3O7/c1-19-16-21(17-20(2)33(19)46)32-26-13-14-27-31(36(49)42(34(27)47)15-3-4-30(44)45)28(26)18-29-35(48)43(41-25-11-9-24(40)10-12-25)37(50)38(29,32)22-5-7-23(39)8-6-22/h5-13,16-17,27-29,31-32,41,46H,3-4,14-15,18H2,1-2H3,(H,44,45)/t27-,28+,29-,31-,32-,38+/m0/s1. The molecule has 10 nitrogen and oxygen atoms in total. The van der Waals surface area contributed by atoms with E-state index in [-0.39, 0.29) is 43.9 Å². The average Bonchev–Trinajstić information content (AvgIpc) is 3.45. The van der Waals surface area contributed by atoms with Crippen molar-refractivity contribution in [2.45, 2.75) is 50.9 Å². The maximum atomic E-state index is 15.2. The summed E-state index contributed by atoms with van der Waals surface area (Å²) in [6, 6.07) is 15.6. The second-order valence-corrected chi connectivity index (χ2v) is 14.1. The van der Waals surface area contributed by atoms with Crippen LogP contribution in [0.5, 0.6) is 5.75 Å². The number of halogens is 2. The Balaban J connectivity index is 1.42. The van der Waals surface area contributed by atoms with Crippen molar-refractivity contribution in [2.75, 3.05) is 12.0 Å². The molecule has 4 aliphatic rings. The summed E-state index contributed by atoms with van der Waals surface area (Å²) < 4.78 is 13.8. The summed E-state index contributed by atoms with van der Waals surface area (Å²) in [7, 11) is 0. The highest BCUT2D eigenvalue weighted by Crippen LogP contribution is 2.64. The number of allylic oxidation sites excluding steroid dienone is 2. The van der Waals surface area contributed by atoms with Crippen LogP contribution in [0.15, 0.2) is 72.3 Å². The minimum Gasteiger partial charge on any atom is -0.507 e. The van der Waals surface area contributed by atoms with Crippen LogP contribution in [-0.2, 0) is 29.4 Å². The van der Waals surface area contributed by atoms with Gasteiger partial charge >= 0.3 is 5.97 Å². The maximum Gasteiger partial charge on any atom is 0.303 e. The Bertz CT molecular complexity index is 1960. The van der Waals surface area contributed by atoms with E-state index in [0.717, 1.165) is 15.5 Å². The number of hydrazine groups is 1. The zero-order valence-corrected chi connectivity index (χ0v) is 28.1. The fourth-order valence-corrected chi connectivity index (χ4v) is 8.99. The Labute approximate surface area is 292 Å². The van der Waals surface area contributed by atoms with Gasteiger partial charge < -0.3 is 10.2 Å². The Kier molecular flexibility index (Phi) is 8.29. The van der Waals surface area contributed by atoms with E-state index >= 15 is 4.79 Å². The summed E-state index contributed by atoms with van der Waals surface area (Å²) in [5, 5.41) is 21.4. The lowest BCUT2D eigenvalue weighted by Gasteiger charge is -2.50. The van der Waals surface area contributed by atoms with Gasteiger partial charge in [-0.3, -0.25) is 34.3 Å². The molecule has 3 fully saturated rings. The van der Waals surface area contributed by atoms with Gasteiger partial charge in [0.05, 0.1) is 28.9 Å². The molecule has 0 radical (unpaired) electrons. The minimum absolute atomic E-state index is 0.0241. The molecule has 3 N–H and O–H groups in total. The summed E-state index contributed by atoms with van der Waals surface area (Å²) in [5.74, 6) is -7.17. The zero-order chi connectivity index (χ0) is 35.6. The van der Waals surface area contributed by atoms with Gasteiger partial charge in [-0.15, -0.1) is 0 Å². The molecule has 7 rings (SSSR count). The van der Waals surface area contributed by atoms with Crippen LogP contribution in [0.3, 0.4) is 0 Å². The molecule has 0 unspecified atom stereocenters. The molecule has 2 saturated heterocycles. The Morgan fingerprint density at radius 1 is 0.960 bits per heavy atom. The van der Waals surface area contributed by atoms with Crippen LogP contribution in [0.25, 0.3) is 0 Å². The van der Waals surface area contributed by atoms with Gasteiger partial charge in [0.15, 0.2) is 0 Å². The molecule has 2 heterocycles. The molecular weight excluding hydrogens is 665 g/mol. The number of phenolic OH excluding ortho intramolecular Hbond substituents is 1. The summed E-state index contributed by atoms with van der Waals surface area (Å²) in [4.78, 5) is 70.0. The second-order valence-electron chi connectivity index (χ2n) is 13.7. The molecule has 6 atom stereocenters. The van der Waals surface area contributed by atoms with Gasteiger partial charge in [0.25, 0.3) is 11.8 Å². The molecule has 12 heteroatoms. The van der Waals surface area contributed by atoms with Crippen LogP contribution in [0.1, 0.15) is 53.9 Å². The smallest absolute Gasteiger partial charge is 0.303 e. The van der Waals surface area contributed by atoms with Crippen molar-refractivity contribution >= 4 is 46.9 Å². The number of benzene rings is 3. The Morgan fingerprint density at radius 3 is 2.26 bits per heavy atom. The van der Waals surface area contributed by atoms with Gasteiger partial charge in [-0.2, -0.15) is 5.01 Å². The van der Waals surface area contributed by atoms with Crippen molar-refractivity contribution in [1.29, 1.82) is 0 Å². The molecule has 1 saturated carbocycles. The first-order valence-corrected chi connectivity index (χ1v) is 17.0. The molecule has 0 bridgehead atoms. The predicted molar refractivity (Wildman–Crippen MR) is 180 cm³/mol. The highest BCUT2D eigenvalue weighted by atomic mass is 35.5. The number of amides is 4. The SMILES string of the molecule is Cc1cc([C@H]2C3=CC[C@@H]4C(=O)N(CCCC(=O)O)C(=O)[C@@H]4[C@@H]3C[C@H]3C(=O)N(Nc4ccc(F)cc4)C(=O)[C@@]23c2ccc(Cl)cc2)cc(C)c1O. The summed E-state index contributed by atoms with van der Waals surface area (Å²) in [5.41, 5.74) is 4.77. The fourth-order valence-electron chi connectivity index (χ4n) is 8.86. The average molecular weight is 700 g/mol. The van der Waals surface area contributed by atoms with Gasteiger partial charge in [0, 0.05) is 23.9 Å². The number of nitrogens with zero attached hydrogens (tertiary/aromatic N) is 2. The normalized spacial score (nSPS) is 27.2. The topological polar surface area (TPSA) is 144 Å². The Hall–Kier alpha value is -5.03. The van der Waals surface area contributed by atoms with Crippen molar-refractivity contribution in [3.63, 3.8) is 0 Å². The third-order valence-corrected chi connectivity index (χ3v) is 11.2. The van der Waals surface area contributed by atoms with E-state index in [2.05, 4.69) is 5.43 Å². The minimum atomic E-state index is -1.54. The van der Waals surface area contributed by atoms with E-state index in [1.807, 2.05) is 6.08 Å². The van der Waals surface area contributed by atoms with E-state index in [9.17, 15) is 28.7 Å². The first-order chi connectivity index (χ1) is 23.8. The fraction of sp³-hybridized carbons (Fsp3) is 0.342. The van der Waals surface area contributed by atoms with Crippen molar-refractivity contribution in [3.8, 4) is 5.75 Å². The molecule has 3 aromatic carbocycles. The number of anilines is 1. The van der Waals surface area contributed by atoms with Crippen LogP contribution in [0.2, 0.25) is 5.02 Å². The molecular formula is C38H35ClFN3O7. The monoisotopic (exact) mass is 699 g/mol. The van der Waals surface area contributed by atoms with Crippen LogP contribution >= 0.6 is 11.6 Å². The number of nitrogens with one attached hydrogen (secondary N) is 1. The van der Waals surface area contributed by atoms with E-state index in [1.54, 1.807) is 50.2 Å². The van der Waals surface area contributed by atoms with Crippen LogP contribution in [0.4, 0.5) is 10.1 Å². The molecule has 4 amide bonds. The Morgan fingerprint density at radius 2 is 1.62 bits per heavy atom. The number of aromatic hydroxyl groups is 1. The quantitative estimate of drug-likeness (QED) is 0.202. The number of aryl methyl sites for hydroxylation is 2. The number of hydrogen-bond acceptors (Lipinski definition) is 7. The second kappa shape index (κ2) is 12.4. The molecule has 2 aliphatic carbocycles.